The van der Waals surface area contributed by atoms with Crippen molar-refractivity contribution in [3.63, 3.8) is 0 Å². The smallest absolute Gasteiger partial charge is 0.438 e. The predicted molar refractivity (Wildman–Crippen MR) is 199 cm³/mol. The Hall–Kier alpha value is -3.14. The van der Waals surface area contributed by atoms with E-state index in [9.17, 15) is 97.8 Å². The number of carbonyl (C=O) groups is 4. The fraction of sp³-hybridized carbons (Fsp3) is 0.897. The highest BCUT2D eigenvalue weighted by atomic mass is 32.2. The second-order valence-corrected chi connectivity index (χ2v) is 20.9. The van der Waals surface area contributed by atoms with Crippen LogP contribution in [0.25, 0.3) is 0 Å². The molecule has 5 saturated carbocycles. The summed E-state index contributed by atoms with van der Waals surface area (Å²) in [5.41, 5.74) is -12.7. The largest absolute Gasteiger partial charge is 0.748 e. The van der Waals surface area contributed by atoms with E-state index in [1.165, 1.54) is 0 Å². The molecular weight excluding hydrogens is 985 g/mol. The van der Waals surface area contributed by atoms with Gasteiger partial charge in [0, 0.05) is 0 Å². The Bertz CT molecular complexity index is 2000. The molecule has 67 heavy (non-hydrogen) atoms. The molecule has 14 nitrogen and oxygen atoms in total. The van der Waals surface area contributed by atoms with Gasteiger partial charge in [0.2, 0.25) is 0 Å². The van der Waals surface area contributed by atoms with Crippen molar-refractivity contribution < 1.29 is 117 Å². The minimum absolute atomic E-state index is 0.0245. The zero-order chi connectivity index (χ0) is 51.0. The summed E-state index contributed by atoms with van der Waals surface area (Å²) < 4.78 is 247. The first-order valence-corrected chi connectivity index (χ1v) is 24.6. The fourth-order valence-electron chi connectivity index (χ4n) is 10.3. The van der Waals surface area contributed by atoms with E-state index in [1.54, 1.807) is 13.8 Å². The lowest BCUT2D eigenvalue weighted by Crippen LogP contribution is -2.64. The average molecular weight is 1030 g/mol. The molecule has 0 saturated heterocycles. The summed E-state index contributed by atoms with van der Waals surface area (Å²) in [7, 11) is -12.3. The van der Waals surface area contributed by atoms with Crippen molar-refractivity contribution in [2.24, 2.45) is 35.5 Å². The molecule has 0 amide bonds. The number of esters is 4. The van der Waals surface area contributed by atoms with Gasteiger partial charge < -0.3 is 28.1 Å². The molecule has 0 aliphatic heterocycles. The number of ether oxygens (including phenoxy) is 4. The van der Waals surface area contributed by atoms with E-state index < -0.39 is 138 Å². The van der Waals surface area contributed by atoms with Crippen LogP contribution < -0.4 is 0 Å². The first-order chi connectivity index (χ1) is 30.4. The van der Waals surface area contributed by atoms with Gasteiger partial charge >= 0.3 is 59.8 Å². The molecule has 0 spiro atoms. The maximum atomic E-state index is 13.6. The molecule has 388 valence electrons. The van der Waals surface area contributed by atoms with Gasteiger partial charge in [0.05, 0.1) is 55.4 Å². The summed E-state index contributed by atoms with van der Waals surface area (Å²) in [4.78, 5) is 51.2. The van der Waals surface area contributed by atoms with Crippen molar-refractivity contribution in [3.05, 3.63) is 0 Å². The standard InChI is InChI=1S/C20H26F6O7S.C19H26F6O7S/c1-2-17(7-3-4-8-17)32-15(27)13-11-5-6-12(9-11)14(13)16(28)33-18(19(21,22)23,20(24,25)26)10-34(29,30)31;1-2-16(9-5-6-10-16)31-14(26)12-7-3-4-8-13(12)15(27)32-17(18(20,21)22,19(23,24)25)11-33(28,29)30/h11-14H,2-10H2,1H3,(H,29,30,31);12-13H,2-11H2,1H3,(H,28,29,30)/p-2. The van der Waals surface area contributed by atoms with Gasteiger partial charge in [-0.2, -0.15) is 52.7 Å². The van der Waals surface area contributed by atoms with Gasteiger partial charge in [-0.05, 0) is 108 Å². The molecule has 5 aliphatic rings. The topological polar surface area (TPSA) is 220 Å². The van der Waals surface area contributed by atoms with Crippen LogP contribution in [0.5, 0.6) is 0 Å². The van der Waals surface area contributed by atoms with Crippen LogP contribution in [0.15, 0.2) is 0 Å². The third-order valence-corrected chi connectivity index (χ3v) is 15.4. The van der Waals surface area contributed by atoms with E-state index in [4.69, 9.17) is 9.47 Å². The number of halogens is 12. The van der Waals surface area contributed by atoms with Crippen molar-refractivity contribution in [1.29, 1.82) is 0 Å². The quantitative estimate of drug-likeness (QED) is 0.0700. The molecule has 0 N–H and O–H groups in total. The van der Waals surface area contributed by atoms with Crippen LogP contribution in [0, 0.1) is 35.5 Å². The van der Waals surface area contributed by atoms with E-state index in [1.807, 2.05) is 0 Å². The summed E-state index contributed by atoms with van der Waals surface area (Å²) in [6, 6.07) is 0. The Balaban J connectivity index is 0.000000293. The molecule has 0 aromatic heterocycles. The van der Waals surface area contributed by atoms with Crippen LogP contribution in [0.2, 0.25) is 0 Å². The van der Waals surface area contributed by atoms with Crippen LogP contribution in [-0.2, 0) is 58.4 Å². The van der Waals surface area contributed by atoms with Gasteiger partial charge in [0.15, 0.2) is 0 Å². The second kappa shape index (κ2) is 19.9. The lowest BCUT2D eigenvalue weighted by atomic mass is 9.79. The Morgan fingerprint density at radius 1 is 0.493 bits per heavy atom. The Morgan fingerprint density at radius 2 is 0.806 bits per heavy atom. The highest BCUT2D eigenvalue weighted by Gasteiger charge is 2.77. The van der Waals surface area contributed by atoms with Crippen molar-refractivity contribution in [3.8, 4) is 0 Å². The third-order valence-electron chi connectivity index (χ3n) is 13.9. The molecule has 0 radical (unpaired) electrons. The van der Waals surface area contributed by atoms with Gasteiger partial charge in [-0.15, -0.1) is 0 Å². The number of rotatable bonds is 14. The molecule has 5 rings (SSSR count). The van der Waals surface area contributed by atoms with Crippen molar-refractivity contribution in [2.75, 3.05) is 11.5 Å². The Labute approximate surface area is 377 Å². The van der Waals surface area contributed by atoms with Gasteiger partial charge in [-0.3, -0.25) is 19.2 Å². The number of hydrogen-bond acceptors (Lipinski definition) is 14. The monoisotopic (exact) mass is 1030 g/mol. The maximum Gasteiger partial charge on any atom is 0.438 e. The first-order valence-electron chi connectivity index (χ1n) is 21.5. The average Bonchev–Trinajstić information content (AvgIpc) is 4.01. The second-order valence-electron chi connectivity index (χ2n) is 18.1. The zero-order valence-electron chi connectivity index (χ0n) is 36.0. The lowest BCUT2D eigenvalue weighted by molar-refractivity contribution is -0.363. The normalized spacial score (nSPS) is 26.9. The number of carbonyl (C=O) groups excluding carboxylic acids is 4. The van der Waals surface area contributed by atoms with E-state index in [0.29, 0.717) is 51.4 Å². The lowest BCUT2D eigenvalue weighted by Gasteiger charge is -2.39. The minimum Gasteiger partial charge on any atom is -0.748 e. The van der Waals surface area contributed by atoms with Crippen LogP contribution in [0.1, 0.15) is 123 Å². The van der Waals surface area contributed by atoms with Crippen LogP contribution in [-0.4, -0.2) is 108 Å². The van der Waals surface area contributed by atoms with Gasteiger partial charge in [0.25, 0.3) is 0 Å². The molecule has 5 aliphatic carbocycles. The summed E-state index contributed by atoms with van der Waals surface area (Å²) >= 11 is 0. The SMILES string of the molecule is CCC1(OC(=O)C2C3CCC(C3)C2C(=O)OC(CS(=O)(=O)[O-])(C(F)(F)F)C(F)(F)F)CCCC1.CCC1(OC(=O)C2CCCCC2C(=O)OC(CS(=O)(=O)[O-])(C(F)(F)F)C(F)(F)F)CCCC1. The van der Waals surface area contributed by atoms with E-state index in [-0.39, 0.29) is 32.1 Å². The Kier molecular flexibility index (Phi) is 16.8. The molecule has 0 aromatic rings. The van der Waals surface area contributed by atoms with Crippen LogP contribution >= 0.6 is 0 Å². The molecule has 0 heterocycles. The highest BCUT2D eigenvalue weighted by Crippen LogP contribution is 2.56. The molecule has 6 atom stereocenters. The first kappa shape index (κ1) is 56.4. The van der Waals surface area contributed by atoms with E-state index in [0.717, 1.165) is 25.7 Å². The molecule has 5 fully saturated rings. The van der Waals surface area contributed by atoms with Crippen LogP contribution in [0.4, 0.5) is 52.7 Å². The van der Waals surface area contributed by atoms with Gasteiger partial charge in [-0.1, -0.05) is 26.7 Å². The summed E-state index contributed by atoms with van der Waals surface area (Å²) in [5, 5.41) is 0. The molecule has 28 heteroatoms. The van der Waals surface area contributed by atoms with Gasteiger partial charge in [-0.25, -0.2) is 16.8 Å². The fourth-order valence-corrected chi connectivity index (χ4v) is 12.0. The molecular formula is C39H50F12O14S2-2. The minimum atomic E-state index is -6.46. The highest BCUT2D eigenvalue weighted by molar-refractivity contribution is 7.86. The molecule has 6 unspecified atom stereocenters. The third kappa shape index (κ3) is 12.4. The predicted octanol–water partition coefficient (Wildman–Crippen LogP) is 7.88. The number of fused-ring (bicyclic) bond motifs is 2. The van der Waals surface area contributed by atoms with Crippen molar-refractivity contribution >= 4 is 44.1 Å². The summed E-state index contributed by atoms with van der Waals surface area (Å²) in [6.45, 7) is 3.56. The van der Waals surface area contributed by atoms with Gasteiger partial charge in [0.1, 0.15) is 11.2 Å². The molecule has 0 aromatic carbocycles. The summed E-state index contributed by atoms with van der Waals surface area (Å²) in [6.07, 6.45) is -18.4. The number of hydrogen-bond donors (Lipinski definition) is 0. The zero-order valence-corrected chi connectivity index (χ0v) is 37.6. The summed E-state index contributed by atoms with van der Waals surface area (Å²) in [5.74, 6) is -19.2. The maximum absolute atomic E-state index is 13.6. The van der Waals surface area contributed by atoms with E-state index in [2.05, 4.69) is 9.47 Å². The van der Waals surface area contributed by atoms with E-state index >= 15 is 0 Å². The van der Waals surface area contributed by atoms with Crippen LogP contribution in [0.3, 0.4) is 0 Å². The Morgan fingerprint density at radius 3 is 1.13 bits per heavy atom. The van der Waals surface area contributed by atoms with Crippen molar-refractivity contribution in [1.82, 2.24) is 0 Å². The van der Waals surface area contributed by atoms with Crippen molar-refractivity contribution in [2.45, 2.75) is 170 Å². The molecule has 2 bridgehead atoms. The number of alkyl halides is 12.